The fraction of sp³-hybridized carbons (Fsp3) is 0.200. The van der Waals surface area contributed by atoms with E-state index in [1.165, 1.54) is 0 Å². The number of ether oxygens (including phenoxy) is 3. The van der Waals surface area contributed by atoms with Gasteiger partial charge in [-0.05, 0) is 24.3 Å². The first-order chi connectivity index (χ1) is 13.3. The van der Waals surface area contributed by atoms with Gasteiger partial charge in [0.15, 0.2) is 11.5 Å². The predicted molar refractivity (Wildman–Crippen MR) is 101 cm³/mol. The van der Waals surface area contributed by atoms with Crippen LogP contribution in [0, 0.1) is 0 Å². The summed E-state index contributed by atoms with van der Waals surface area (Å²) in [6, 6.07) is 11.8. The number of aromatic nitrogens is 4. The van der Waals surface area contributed by atoms with E-state index in [1.54, 1.807) is 26.7 Å². The first-order valence-corrected chi connectivity index (χ1v) is 8.53. The molecule has 0 fully saturated rings. The number of benzene rings is 2. The molecule has 0 aliphatic rings. The number of methoxy groups -OCH3 is 2. The maximum Gasteiger partial charge on any atom is 0.167 e. The number of aromatic amines is 1. The Bertz CT molecular complexity index is 1040. The van der Waals surface area contributed by atoms with Crippen molar-refractivity contribution in [3.63, 3.8) is 0 Å². The molecular formula is C20H20N4O3. The van der Waals surface area contributed by atoms with Crippen molar-refractivity contribution in [3.05, 3.63) is 66.5 Å². The Morgan fingerprint density at radius 2 is 2.04 bits per heavy atom. The van der Waals surface area contributed by atoms with Crippen molar-refractivity contribution >= 4 is 11.0 Å². The van der Waals surface area contributed by atoms with E-state index in [0.717, 1.165) is 28.1 Å². The minimum atomic E-state index is 0.298. The molecule has 0 saturated carbocycles. The summed E-state index contributed by atoms with van der Waals surface area (Å²) in [6.07, 6.45) is 5.42. The molecule has 138 valence electrons. The molecule has 7 heteroatoms. The number of para-hydroxylation sites is 1. The van der Waals surface area contributed by atoms with Gasteiger partial charge < -0.3 is 23.8 Å². The SMILES string of the molecule is COCc1cccc(OC)c1OCc1nc2ccc(-n3ccnc3)cc2[nH]1. The fourth-order valence-electron chi connectivity index (χ4n) is 2.99. The molecular weight excluding hydrogens is 344 g/mol. The third-order valence-corrected chi connectivity index (χ3v) is 4.25. The molecule has 0 amide bonds. The van der Waals surface area contributed by atoms with Crippen LogP contribution in [0.1, 0.15) is 11.4 Å². The van der Waals surface area contributed by atoms with Crippen molar-refractivity contribution in [2.24, 2.45) is 0 Å². The van der Waals surface area contributed by atoms with Gasteiger partial charge >= 0.3 is 0 Å². The Morgan fingerprint density at radius 1 is 1.11 bits per heavy atom. The third kappa shape index (κ3) is 3.50. The van der Waals surface area contributed by atoms with Crippen LogP contribution in [0.3, 0.4) is 0 Å². The topological polar surface area (TPSA) is 74.2 Å². The van der Waals surface area contributed by atoms with Gasteiger partial charge in [0, 0.05) is 30.8 Å². The highest BCUT2D eigenvalue weighted by Crippen LogP contribution is 2.32. The van der Waals surface area contributed by atoms with E-state index in [-0.39, 0.29) is 0 Å². The quantitative estimate of drug-likeness (QED) is 0.543. The van der Waals surface area contributed by atoms with Crippen LogP contribution < -0.4 is 9.47 Å². The average Bonchev–Trinajstić information content (AvgIpc) is 3.35. The standard InChI is InChI=1S/C20H20N4O3/c1-25-11-14-4-3-5-18(26-2)20(14)27-12-19-22-16-7-6-15(10-17(16)23-19)24-9-8-21-13-24/h3-10,13H,11-12H2,1-2H3,(H,22,23). The van der Waals surface area contributed by atoms with Crippen LogP contribution in [-0.4, -0.2) is 33.7 Å². The van der Waals surface area contributed by atoms with E-state index in [1.807, 2.05) is 47.2 Å². The number of H-pyrrole nitrogens is 1. The van der Waals surface area contributed by atoms with Gasteiger partial charge in [-0.25, -0.2) is 9.97 Å². The lowest BCUT2D eigenvalue weighted by Crippen LogP contribution is -2.03. The molecule has 4 aromatic rings. The molecule has 2 aromatic carbocycles. The lowest BCUT2D eigenvalue weighted by Gasteiger charge is -2.13. The van der Waals surface area contributed by atoms with Gasteiger partial charge in [0.05, 0.1) is 31.1 Å². The number of nitrogens with zero attached hydrogens (tertiary/aromatic N) is 3. The van der Waals surface area contributed by atoms with E-state index in [4.69, 9.17) is 14.2 Å². The fourth-order valence-corrected chi connectivity index (χ4v) is 2.99. The molecule has 0 unspecified atom stereocenters. The van der Waals surface area contributed by atoms with E-state index in [9.17, 15) is 0 Å². The van der Waals surface area contributed by atoms with Crippen LogP contribution in [0.4, 0.5) is 0 Å². The van der Waals surface area contributed by atoms with Gasteiger partial charge in [-0.2, -0.15) is 0 Å². The number of hydrogen-bond donors (Lipinski definition) is 1. The van der Waals surface area contributed by atoms with E-state index in [2.05, 4.69) is 15.0 Å². The Balaban J connectivity index is 1.58. The molecule has 27 heavy (non-hydrogen) atoms. The summed E-state index contributed by atoms with van der Waals surface area (Å²) in [4.78, 5) is 12.0. The molecule has 7 nitrogen and oxygen atoms in total. The van der Waals surface area contributed by atoms with Gasteiger partial charge in [0.2, 0.25) is 0 Å². The predicted octanol–water partition coefficient (Wildman–Crippen LogP) is 3.48. The molecule has 0 atom stereocenters. The van der Waals surface area contributed by atoms with Gasteiger partial charge in [0.25, 0.3) is 0 Å². The van der Waals surface area contributed by atoms with Crippen molar-refractivity contribution < 1.29 is 14.2 Å². The smallest absolute Gasteiger partial charge is 0.167 e. The molecule has 0 aliphatic carbocycles. The number of imidazole rings is 2. The van der Waals surface area contributed by atoms with Crippen molar-refractivity contribution in [1.29, 1.82) is 0 Å². The molecule has 0 aliphatic heterocycles. The van der Waals surface area contributed by atoms with Crippen molar-refractivity contribution in [1.82, 2.24) is 19.5 Å². The summed E-state index contributed by atoms with van der Waals surface area (Å²) in [7, 11) is 3.28. The lowest BCUT2D eigenvalue weighted by molar-refractivity contribution is 0.177. The summed E-state index contributed by atoms with van der Waals surface area (Å²) in [5.74, 6) is 2.08. The molecule has 0 radical (unpaired) electrons. The molecule has 0 spiro atoms. The number of nitrogens with one attached hydrogen (secondary N) is 1. The number of rotatable bonds is 7. The highest BCUT2D eigenvalue weighted by atomic mass is 16.5. The third-order valence-electron chi connectivity index (χ3n) is 4.25. The summed E-state index contributed by atoms with van der Waals surface area (Å²) < 4.78 is 18.6. The molecule has 1 N–H and O–H groups in total. The van der Waals surface area contributed by atoms with Crippen LogP contribution in [-0.2, 0) is 18.0 Å². The Kier molecular flexibility index (Phi) is 4.76. The summed E-state index contributed by atoms with van der Waals surface area (Å²) in [6.45, 7) is 0.743. The largest absolute Gasteiger partial charge is 0.493 e. The Morgan fingerprint density at radius 3 is 2.81 bits per heavy atom. The monoisotopic (exact) mass is 364 g/mol. The van der Waals surface area contributed by atoms with Crippen molar-refractivity contribution in [2.45, 2.75) is 13.2 Å². The molecule has 2 aromatic heterocycles. The maximum absolute atomic E-state index is 6.02. The highest BCUT2D eigenvalue weighted by Gasteiger charge is 2.12. The molecule has 2 heterocycles. The summed E-state index contributed by atoms with van der Waals surface area (Å²) in [5.41, 5.74) is 3.77. The zero-order chi connectivity index (χ0) is 18.6. The second-order valence-electron chi connectivity index (χ2n) is 6.03. The number of fused-ring (bicyclic) bond motifs is 1. The second-order valence-corrected chi connectivity index (χ2v) is 6.03. The minimum absolute atomic E-state index is 0.298. The normalized spacial score (nSPS) is 11.0. The van der Waals surface area contributed by atoms with E-state index < -0.39 is 0 Å². The van der Waals surface area contributed by atoms with Crippen LogP contribution in [0.2, 0.25) is 0 Å². The molecule has 4 rings (SSSR count). The first-order valence-electron chi connectivity index (χ1n) is 8.53. The number of hydrogen-bond acceptors (Lipinski definition) is 5. The van der Waals surface area contributed by atoms with Crippen LogP contribution in [0.25, 0.3) is 16.7 Å². The zero-order valence-electron chi connectivity index (χ0n) is 15.2. The van der Waals surface area contributed by atoms with Gasteiger partial charge in [-0.3, -0.25) is 0 Å². The second kappa shape index (κ2) is 7.51. The maximum atomic E-state index is 6.02. The lowest BCUT2D eigenvalue weighted by atomic mass is 10.2. The Labute approximate surface area is 156 Å². The Hall–Kier alpha value is -3.32. The van der Waals surface area contributed by atoms with E-state index >= 15 is 0 Å². The van der Waals surface area contributed by atoms with Crippen molar-refractivity contribution in [2.75, 3.05) is 14.2 Å². The van der Waals surface area contributed by atoms with Crippen LogP contribution >= 0.6 is 0 Å². The minimum Gasteiger partial charge on any atom is -0.493 e. The average molecular weight is 364 g/mol. The molecule has 0 bridgehead atoms. The van der Waals surface area contributed by atoms with Gasteiger partial charge in [-0.15, -0.1) is 0 Å². The van der Waals surface area contributed by atoms with Crippen LogP contribution in [0.15, 0.2) is 55.1 Å². The van der Waals surface area contributed by atoms with Crippen molar-refractivity contribution in [3.8, 4) is 17.2 Å². The van der Waals surface area contributed by atoms with Crippen LogP contribution in [0.5, 0.6) is 11.5 Å². The zero-order valence-corrected chi connectivity index (χ0v) is 15.2. The van der Waals surface area contributed by atoms with Gasteiger partial charge in [0.1, 0.15) is 12.4 Å². The molecule has 0 saturated heterocycles. The summed E-state index contributed by atoms with van der Waals surface area (Å²) >= 11 is 0. The summed E-state index contributed by atoms with van der Waals surface area (Å²) in [5, 5.41) is 0. The van der Waals surface area contributed by atoms with E-state index in [0.29, 0.717) is 24.7 Å². The van der Waals surface area contributed by atoms with Gasteiger partial charge in [-0.1, -0.05) is 12.1 Å². The first kappa shape index (κ1) is 17.1. The highest BCUT2D eigenvalue weighted by molar-refractivity contribution is 5.77.